The second kappa shape index (κ2) is 5.14. The number of carbonyl (C=O) groups is 1. The normalized spacial score (nSPS) is 10.5. The molecule has 0 saturated carbocycles. The Morgan fingerprint density at radius 1 is 1.41 bits per heavy atom. The van der Waals surface area contributed by atoms with Crippen LogP contribution in [0.15, 0.2) is 29.4 Å². The van der Waals surface area contributed by atoms with Crippen molar-refractivity contribution in [2.24, 2.45) is 0 Å². The van der Waals surface area contributed by atoms with Gasteiger partial charge in [0, 0.05) is 5.56 Å². The molecular weight excluding hydrogens is 234 g/mol. The summed E-state index contributed by atoms with van der Waals surface area (Å²) in [7, 11) is 0. The number of ketones is 1. The Bertz CT molecular complexity index is 536. The van der Waals surface area contributed by atoms with Crippen molar-refractivity contribution in [3.05, 3.63) is 29.8 Å². The summed E-state index contributed by atoms with van der Waals surface area (Å²) >= 11 is 1.37. The van der Waals surface area contributed by atoms with E-state index in [1.165, 1.54) is 17.3 Å². The first-order valence-corrected chi connectivity index (χ1v) is 6.25. The van der Waals surface area contributed by atoms with E-state index in [9.17, 15) is 4.79 Å². The van der Waals surface area contributed by atoms with E-state index in [2.05, 4.69) is 15.2 Å². The Morgan fingerprint density at radius 3 is 2.94 bits per heavy atom. The van der Waals surface area contributed by atoms with E-state index in [0.717, 1.165) is 11.4 Å². The number of benzene rings is 1. The lowest BCUT2D eigenvalue weighted by molar-refractivity contribution is -0.114. The first-order chi connectivity index (χ1) is 8.15. The fraction of sp³-hybridized carbons (Fsp3) is 0.250. The molecule has 2 rings (SSSR count). The largest absolute Gasteiger partial charge is 0.316 e. The number of hydrogen-bond acceptors (Lipinski definition) is 4. The van der Waals surface area contributed by atoms with Gasteiger partial charge in [0.05, 0.1) is 5.75 Å². The highest BCUT2D eigenvalue weighted by molar-refractivity contribution is 7.99. The van der Waals surface area contributed by atoms with Crippen LogP contribution >= 0.6 is 11.8 Å². The van der Waals surface area contributed by atoms with Crippen molar-refractivity contribution < 1.29 is 4.79 Å². The quantitative estimate of drug-likeness (QED) is 0.843. The predicted octanol–water partition coefficient (Wildman–Crippen LogP) is 2.46. The number of aromatic amines is 1. The van der Waals surface area contributed by atoms with Crippen molar-refractivity contribution in [1.29, 1.82) is 0 Å². The minimum absolute atomic E-state index is 0.128. The van der Waals surface area contributed by atoms with Gasteiger partial charge in [0.1, 0.15) is 5.78 Å². The maximum Gasteiger partial charge on any atom is 0.189 e. The maximum absolute atomic E-state index is 10.9. The first kappa shape index (κ1) is 11.9. The van der Waals surface area contributed by atoms with Crippen molar-refractivity contribution in [2.75, 3.05) is 5.75 Å². The molecule has 0 aliphatic rings. The molecule has 0 radical (unpaired) electrons. The van der Waals surface area contributed by atoms with Gasteiger partial charge in [-0.25, -0.2) is 0 Å². The molecule has 17 heavy (non-hydrogen) atoms. The Labute approximate surface area is 104 Å². The molecule has 1 aromatic carbocycles. The Morgan fingerprint density at radius 2 is 2.24 bits per heavy atom. The van der Waals surface area contributed by atoms with Crippen LogP contribution in [0.5, 0.6) is 0 Å². The number of hydrogen-bond donors (Lipinski definition) is 1. The fourth-order valence-electron chi connectivity index (χ4n) is 1.40. The van der Waals surface area contributed by atoms with Crippen LogP contribution in [0.25, 0.3) is 11.4 Å². The molecule has 0 unspecified atom stereocenters. The average Bonchev–Trinajstić information content (AvgIpc) is 2.75. The second-order valence-corrected chi connectivity index (χ2v) is 4.80. The van der Waals surface area contributed by atoms with E-state index in [0.29, 0.717) is 10.9 Å². The number of Topliss-reactive ketones (excluding diaryl/α,β-unsaturated/α-hetero) is 1. The van der Waals surface area contributed by atoms with Gasteiger partial charge in [-0.2, -0.15) is 0 Å². The highest BCUT2D eigenvalue weighted by Gasteiger charge is 2.06. The third-order valence-electron chi connectivity index (χ3n) is 2.17. The number of thioether (sulfide) groups is 1. The van der Waals surface area contributed by atoms with Crippen molar-refractivity contribution in [3.63, 3.8) is 0 Å². The van der Waals surface area contributed by atoms with Crippen LogP contribution in [-0.2, 0) is 4.79 Å². The molecule has 5 heteroatoms. The summed E-state index contributed by atoms with van der Waals surface area (Å²) in [6, 6.07) is 8.04. The number of aromatic nitrogens is 3. The zero-order valence-corrected chi connectivity index (χ0v) is 10.5. The SMILES string of the molecule is CC(=O)CSc1nnc(-c2cccc(C)c2)[nH]1. The van der Waals surface area contributed by atoms with Gasteiger partial charge in [0.2, 0.25) is 0 Å². The van der Waals surface area contributed by atoms with E-state index in [4.69, 9.17) is 0 Å². The van der Waals surface area contributed by atoms with Crippen LogP contribution < -0.4 is 0 Å². The molecular formula is C12H13N3OS. The van der Waals surface area contributed by atoms with Gasteiger partial charge in [0.25, 0.3) is 0 Å². The minimum atomic E-state index is 0.128. The molecule has 1 aromatic heterocycles. The van der Waals surface area contributed by atoms with Gasteiger partial charge < -0.3 is 4.98 Å². The molecule has 0 spiro atoms. The topological polar surface area (TPSA) is 58.6 Å². The molecule has 0 bridgehead atoms. The van der Waals surface area contributed by atoms with Crippen LogP contribution in [0.3, 0.4) is 0 Å². The Kier molecular flexibility index (Phi) is 3.58. The molecule has 4 nitrogen and oxygen atoms in total. The lowest BCUT2D eigenvalue weighted by atomic mass is 10.1. The summed E-state index contributed by atoms with van der Waals surface area (Å²) in [6.07, 6.45) is 0. The highest BCUT2D eigenvalue weighted by Crippen LogP contribution is 2.19. The van der Waals surface area contributed by atoms with Crippen LogP contribution in [0.1, 0.15) is 12.5 Å². The van der Waals surface area contributed by atoms with Gasteiger partial charge in [-0.15, -0.1) is 10.2 Å². The Balaban J connectivity index is 2.15. The zero-order chi connectivity index (χ0) is 12.3. The summed E-state index contributed by atoms with van der Waals surface area (Å²) < 4.78 is 0. The maximum atomic E-state index is 10.9. The number of nitrogens with zero attached hydrogens (tertiary/aromatic N) is 2. The standard InChI is InChI=1S/C12H13N3OS/c1-8-4-3-5-10(6-8)11-13-12(15-14-11)17-7-9(2)16/h3-6H,7H2,1-2H3,(H,13,14,15). The van der Waals surface area contributed by atoms with E-state index < -0.39 is 0 Å². The summed E-state index contributed by atoms with van der Waals surface area (Å²) in [5, 5.41) is 8.74. The van der Waals surface area contributed by atoms with Gasteiger partial charge in [-0.3, -0.25) is 4.79 Å². The van der Waals surface area contributed by atoms with E-state index in [-0.39, 0.29) is 5.78 Å². The third kappa shape index (κ3) is 3.17. The van der Waals surface area contributed by atoms with Crippen molar-refractivity contribution in [2.45, 2.75) is 19.0 Å². The molecule has 0 aliphatic heterocycles. The fourth-order valence-corrected chi connectivity index (χ4v) is 2.01. The number of rotatable bonds is 4. The Hall–Kier alpha value is -1.62. The highest BCUT2D eigenvalue weighted by atomic mass is 32.2. The van der Waals surface area contributed by atoms with Crippen molar-refractivity contribution in [3.8, 4) is 11.4 Å². The van der Waals surface area contributed by atoms with Crippen molar-refractivity contribution >= 4 is 17.5 Å². The van der Waals surface area contributed by atoms with Crippen LogP contribution in [0.2, 0.25) is 0 Å². The van der Waals surface area contributed by atoms with E-state index in [1.54, 1.807) is 6.92 Å². The minimum Gasteiger partial charge on any atom is -0.316 e. The molecule has 0 fully saturated rings. The molecule has 1 N–H and O–H groups in total. The molecule has 88 valence electrons. The molecule has 0 aliphatic carbocycles. The zero-order valence-electron chi connectivity index (χ0n) is 9.73. The number of H-pyrrole nitrogens is 1. The first-order valence-electron chi connectivity index (χ1n) is 5.27. The smallest absolute Gasteiger partial charge is 0.189 e. The van der Waals surface area contributed by atoms with Crippen molar-refractivity contribution in [1.82, 2.24) is 15.2 Å². The summed E-state index contributed by atoms with van der Waals surface area (Å²) in [5.41, 5.74) is 2.18. The van der Waals surface area contributed by atoms with Gasteiger partial charge >= 0.3 is 0 Å². The third-order valence-corrected chi connectivity index (χ3v) is 3.18. The van der Waals surface area contributed by atoms with Gasteiger partial charge in [-0.1, -0.05) is 35.5 Å². The number of nitrogens with one attached hydrogen (secondary N) is 1. The number of aryl methyl sites for hydroxylation is 1. The average molecular weight is 247 g/mol. The predicted molar refractivity (Wildman–Crippen MR) is 68.0 cm³/mol. The van der Waals surface area contributed by atoms with Crippen LogP contribution in [0.4, 0.5) is 0 Å². The molecule has 1 heterocycles. The monoisotopic (exact) mass is 247 g/mol. The molecule has 0 saturated heterocycles. The van der Waals surface area contributed by atoms with E-state index >= 15 is 0 Å². The van der Waals surface area contributed by atoms with Crippen LogP contribution in [-0.4, -0.2) is 26.7 Å². The molecule has 0 atom stereocenters. The molecule has 2 aromatic rings. The molecule has 0 amide bonds. The van der Waals surface area contributed by atoms with Gasteiger partial charge in [0.15, 0.2) is 11.0 Å². The lowest BCUT2D eigenvalue weighted by Crippen LogP contribution is -1.93. The van der Waals surface area contributed by atoms with Crippen LogP contribution in [0, 0.1) is 6.92 Å². The van der Waals surface area contributed by atoms with Gasteiger partial charge in [-0.05, 0) is 19.9 Å². The number of carbonyl (C=O) groups excluding carboxylic acids is 1. The summed E-state index contributed by atoms with van der Waals surface area (Å²) in [4.78, 5) is 14.0. The van der Waals surface area contributed by atoms with E-state index in [1.807, 2.05) is 31.2 Å². The lowest BCUT2D eigenvalue weighted by Gasteiger charge is -1.97. The summed E-state index contributed by atoms with van der Waals surface area (Å²) in [6.45, 7) is 3.59. The summed E-state index contributed by atoms with van der Waals surface area (Å²) in [5.74, 6) is 1.28. The second-order valence-electron chi connectivity index (χ2n) is 3.84.